The lowest BCUT2D eigenvalue weighted by Gasteiger charge is -2.27. The summed E-state index contributed by atoms with van der Waals surface area (Å²) in [5.74, 6) is -0.00282. The van der Waals surface area contributed by atoms with Gasteiger partial charge in [-0.2, -0.15) is 5.26 Å². The zero-order valence-electron chi connectivity index (χ0n) is 22.5. The van der Waals surface area contributed by atoms with E-state index in [2.05, 4.69) is 6.07 Å². The minimum Gasteiger partial charge on any atom is -0.489 e. The fourth-order valence-corrected chi connectivity index (χ4v) is 7.12. The molecule has 0 bridgehead atoms. The Morgan fingerprint density at radius 2 is 1.81 bits per heavy atom. The molecule has 1 aliphatic rings. The Morgan fingerprint density at radius 3 is 2.58 bits per heavy atom. The average molecular weight is 648 g/mol. The molecule has 1 unspecified atom stereocenters. The molecule has 1 aromatic heterocycles. The number of nitrogens with two attached hydrogens (primary N) is 1. The molecule has 6 rings (SSSR count). The number of aryl methyl sites for hydroxylation is 1. The largest absolute Gasteiger partial charge is 0.489 e. The summed E-state index contributed by atoms with van der Waals surface area (Å²) >= 11 is 20.1. The van der Waals surface area contributed by atoms with Crippen LogP contribution in [-0.2, 0) is 6.61 Å². The first-order chi connectivity index (χ1) is 20.7. The van der Waals surface area contributed by atoms with Gasteiger partial charge in [-0.3, -0.25) is 0 Å². The molecule has 4 aromatic carbocycles. The first kappa shape index (κ1) is 28.9. The average Bonchev–Trinajstić information content (AvgIpc) is 3.32. The highest BCUT2D eigenvalue weighted by atomic mass is 35.5. The summed E-state index contributed by atoms with van der Waals surface area (Å²) in [5, 5.41) is 11.5. The standard InChI is InChI=1S/C33H21Cl3N2O4S/c1-17-5-7-18(8-6-17)16-40-21-4-2-3-19(11-21)28-23-10-9-22(14-26(23)42-32(38)24(28)15-37)41-33(39)31-30(36)29-25(35)12-20(34)13-27(29)43-31/h2-14,28H,16,38H2,1H3. The van der Waals surface area contributed by atoms with Gasteiger partial charge in [0.2, 0.25) is 5.88 Å². The number of esters is 1. The number of nitriles is 1. The lowest BCUT2D eigenvalue weighted by atomic mass is 9.83. The monoisotopic (exact) mass is 646 g/mol. The number of hydrogen-bond donors (Lipinski definition) is 1. The van der Waals surface area contributed by atoms with Crippen LogP contribution < -0.4 is 19.9 Å². The van der Waals surface area contributed by atoms with E-state index >= 15 is 0 Å². The van der Waals surface area contributed by atoms with Crippen molar-refractivity contribution in [3.05, 3.63) is 133 Å². The molecule has 0 fully saturated rings. The van der Waals surface area contributed by atoms with Gasteiger partial charge in [0.25, 0.3) is 0 Å². The Hall–Kier alpha value is -4.19. The van der Waals surface area contributed by atoms with Crippen LogP contribution in [0.2, 0.25) is 15.1 Å². The highest BCUT2D eigenvalue weighted by molar-refractivity contribution is 7.21. The van der Waals surface area contributed by atoms with Crippen molar-refractivity contribution in [2.75, 3.05) is 0 Å². The highest BCUT2D eigenvalue weighted by Crippen LogP contribution is 2.45. The summed E-state index contributed by atoms with van der Waals surface area (Å²) in [4.78, 5) is 13.3. The van der Waals surface area contributed by atoms with Crippen molar-refractivity contribution in [2.45, 2.75) is 19.4 Å². The van der Waals surface area contributed by atoms with Crippen molar-refractivity contribution in [1.29, 1.82) is 5.26 Å². The number of carbonyl (C=O) groups is 1. The molecule has 0 saturated heterocycles. The van der Waals surface area contributed by atoms with E-state index in [1.165, 1.54) is 5.56 Å². The summed E-state index contributed by atoms with van der Waals surface area (Å²) in [6, 6.07) is 26.0. The predicted molar refractivity (Wildman–Crippen MR) is 170 cm³/mol. The van der Waals surface area contributed by atoms with Crippen molar-refractivity contribution in [2.24, 2.45) is 5.73 Å². The van der Waals surface area contributed by atoms with E-state index < -0.39 is 11.9 Å². The van der Waals surface area contributed by atoms with Crippen LogP contribution in [0.25, 0.3) is 10.1 Å². The van der Waals surface area contributed by atoms with Gasteiger partial charge in [-0.25, -0.2) is 4.79 Å². The van der Waals surface area contributed by atoms with Crippen molar-refractivity contribution in [3.63, 3.8) is 0 Å². The molecule has 2 heterocycles. The third kappa shape index (κ3) is 5.75. The van der Waals surface area contributed by atoms with Gasteiger partial charge in [0, 0.05) is 26.7 Å². The maximum atomic E-state index is 13.1. The molecule has 43 heavy (non-hydrogen) atoms. The van der Waals surface area contributed by atoms with Crippen LogP contribution in [0.15, 0.2) is 90.3 Å². The van der Waals surface area contributed by atoms with Crippen LogP contribution in [0.3, 0.4) is 0 Å². The van der Waals surface area contributed by atoms with E-state index in [4.69, 9.17) is 54.7 Å². The lowest BCUT2D eigenvalue weighted by molar-refractivity contribution is 0.0740. The SMILES string of the molecule is Cc1ccc(COc2cccc(C3C(C#N)=C(N)Oc4cc(OC(=O)c5sc6cc(Cl)cc(Cl)c6c5Cl)ccc43)c2)cc1. The quantitative estimate of drug-likeness (QED) is 0.146. The lowest BCUT2D eigenvalue weighted by Crippen LogP contribution is -2.21. The van der Waals surface area contributed by atoms with Gasteiger partial charge in [-0.05, 0) is 48.4 Å². The van der Waals surface area contributed by atoms with Crippen molar-refractivity contribution < 1.29 is 19.0 Å². The van der Waals surface area contributed by atoms with Crippen LogP contribution in [-0.4, -0.2) is 5.97 Å². The number of nitrogens with zero attached hydrogens (tertiary/aromatic N) is 1. The number of hydrogen-bond acceptors (Lipinski definition) is 7. The molecule has 10 heteroatoms. The first-order valence-corrected chi connectivity index (χ1v) is 15.0. The van der Waals surface area contributed by atoms with Gasteiger partial charge in [-0.1, -0.05) is 82.8 Å². The number of rotatable bonds is 6. The van der Waals surface area contributed by atoms with Gasteiger partial charge in [-0.15, -0.1) is 11.3 Å². The molecule has 0 spiro atoms. The molecular weight excluding hydrogens is 627 g/mol. The molecule has 1 atom stereocenters. The van der Waals surface area contributed by atoms with E-state index in [0.29, 0.717) is 43.8 Å². The first-order valence-electron chi connectivity index (χ1n) is 13.0. The molecule has 6 nitrogen and oxygen atoms in total. The second kappa shape index (κ2) is 11.8. The molecule has 0 amide bonds. The van der Waals surface area contributed by atoms with Crippen molar-refractivity contribution in [1.82, 2.24) is 0 Å². The van der Waals surface area contributed by atoms with Gasteiger partial charge in [0.15, 0.2) is 0 Å². The molecule has 0 saturated carbocycles. The number of halogens is 3. The van der Waals surface area contributed by atoms with E-state index in [0.717, 1.165) is 22.5 Å². The highest BCUT2D eigenvalue weighted by Gasteiger charge is 2.31. The third-order valence-corrected chi connectivity index (χ3v) is 9.08. The normalized spacial score (nSPS) is 14.2. The molecule has 2 N–H and O–H groups in total. The number of carbonyl (C=O) groups excluding carboxylic acids is 1. The van der Waals surface area contributed by atoms with Crippen molar-refractivity contribution >= 4 is 62.2 Å². The maximum absolute atomic E-state index is 13.1. The van der Waals surface area contributed by atoms with Crippen LogP contribution in [0, 0.1) is 18.3 Å². The molecule has 1 aliphatic heterocycles. The minimum absolute atomic E-state index is 0.0338. The number of allylic oxidation sites excluding steroid dienone is 1. The number of thiophene rings is 1. The molecule has 214 valence electrons. The predicted octanol–water partition coefficient (Wildman–Crippen LogP) is 9.19. The van der Waals surface area contributed by atoms with E-state index in [1.54, 1.807) is 30.3 Å². The van der Waals surface area contributed by atoms with Crippen LogP contribution in [0.4, 0.5) is 0 Å². The molecule has 0 aliphatic carbocycles. The number of benzene rings is 4. The number of ether oxygens (including phenoxy) is 3. The second-order valence-electron chi connectivity index (χ2n) is 9.87. The maximum Gasteiger partial charge on any atom is 0.355 e. The topological polar surface area (TPSA) is 94.6 Å². The zero-order valence-corrected chi connectivity index (χ0v) is 25.6. The van der Waals surface area contributed by atoms with Gasteiger partial charge >= 0.3 is 5.97 Å². The Bertz CT molecular complexity index is 1980. The summed E-state index contributed by atoms with van der Waals surface area (Å²) in [7, 11) is 0. The second-order valence-corrected chi connectivity index (χ2v) is 12.1. The minimum atomic E-state index is -0.662. The molecule has 5 aromatic rings. The fourth-order valence-electron chi connectivity index (χ4n) is 4.87. The Labute approximate surface area is 266 Å². The summed E-state index contributed by atoms with van der Waals surface area (Å²) in [6.45, 7) is 2.43. The van der Waals surface area contributed by atoms with Crippen LogP contribution in [0.1, 0.15) is 37.8 Å². The van der Waals surface area contributed by atoms with Gasteiger partial charge in [0.05, 0.1) is 16.0 Å². The van der Waals surface area contributed by atoms with Crippen LogP contribution >= 0.6 is 46.1 Å². The van der Waals surface area contributed by atoms with E-state index in [9.17, 15) is 10.1 Å². The van der Waals surface area contributed by atoms with E-state index in [1.807, 2.05) is 55.5 Å². The smallest absolute Gasteiger partial charge is 0.355 e. The molecule has 0 radical (unpaired) electrons. The fraction of sp³-hybridized carbons (Fsp3) is 0.0909. The van der Waals surface area contributed by atoms with Gasteiger partial charge in [0.1, 0.15) is 40.4 Å². The summed E-state index contributed by atoms with van der Waals surface area (Å²) < 4.78 is 18.2. The van der Waals surface area contributed by atoms with Crippen LogP contribution in [0.5, 0.6) is 17.2 Å². The number of fused-ring (bicyclic) bond motifs is 2. The third-order valence-electron chi connectivity index (χ3n) is 6.95. The van der Waals surface area contributed by atoms with E-state index in [-0.39, 0.29) is 27.1 Å². The molecular formula is C33H21Cl3N2O4S. The van der Waals surface area contributed by atoms with Crippen molar-refractivity contribution in [3.8, 4) is 23.3 Å². The Balaban J connectivity index is 1.28. The summed E-state index contributed by atoms with van der Waals surface area (Å²) in [6.07, 6.45) is 0. The summed E-state index contributed by atoms with van der Waals surface area (Å²) in [5.41, 5.74) is 10.2. The Morgan fingerprint density at radius 1 is 1.02 bits per heavy atom. The zero-order chi connectivity index (χ0) is 30.2. The van der Waals surface area contributed by atoms with Gasteiger partial charge < -0.3 is 19.9 Å². The Kier molecular flexibility index (Phi) is 7.95.